The number of benzene rings is 1. The molecule has 0 radical (unpaired) electrons. The zero-order valence-corrected chi connectivity index (χ0v) is 14.5. The van der Waals surface area contributed by atoms with Gasteiger partial charge in [0.05, 0.1) is 11.4 Å². The van der Waals surface area contributed by atoms with Gasteiger partial charge in [0.1, 0.15) is 9.88 Å². The summed E-state index contributed by atoms with van der Waals surface area (Å²) < 4.78 is 0. The molecule has 0 spiro atoms. The van der Waals surface area contributed by atoms with Crippen molar-refractivity contribution < 1.29 is 4.79 Å². The maximum Gasteiger partial charge on any atom is 0.263 e. The zero-order chi connectivity index (χ0) is 16.9. The Hall–Kier alpha value is -2.53. The molecule has 24 heavy (non-hydrogen) atoms. The van der Waals surface area contributed by atoms with Gasteiger partial charge in [0, 0.05) is 12.7 Å². The maximum absolute atomic E-state index is 12.5. The summed E-state index contributed by atoms with van der Waals surface area (Å²) in [4.78, 5) is 21.9. The molecule has 2 aromatic heterocycles. The molecule has 1 atom stereocenters. The van der Waals surface area contributed by atoms with Crippen LogP contribution in [-0.4, -0.2) is 22.4 Å². The largest absolute Gasteiger partial charge is 0.351 e. The monoisotopic (exact) mass is 337 g/mol. The van der Waals surface area contributed by atoms with Crippen molar-refractivity contribution in [2.75, 3.05) is 6.54 Å². The molecule has 0 fully saturated rings. The Balaban J connectivity index is 1.68. The fourth-order valence-electron chi connectivity index (χ4n) is 2.43. The standard InChI is InChI=1S/C19H19N3OS/c1-13(15-8-4-3-5-9-15)12-21-18(23)17-14(2)22-19(24-17)16-10-6-7-11-20-16/h3-11,13H,12H2,1-2H3,(H,21,23)/t13-/m0/s1. The molecule has 0 saturated heterocycles. The van der Waals surface area contributed by atoms with Crippen LogP contribution in [0.15, 0.2) is 54.7 Å². The molecule has 0 aliphatic heterocycles. The molecular weight excluding hydrogens is 318 g/mol. The van der Waals surface area contributed by atoms with Crippen molar-refractivity contribution in [1.29, 1.82) is 0 Å². The first kappa shape index (κ1) is 16.3. The smallest absolute Gasteiger partial charge is 0.263 e. The summed E-state index contributed by atoms with van der Waals surface area (Å²) in [7, 11) is 0. The number of thiazole rings is 1. The van der Waals surface area contributed by atoms with Crippen LogP contribution in [0.5, 0.6) is 0 Å². The van der Waals surface area contributed by atoms with Crippen LogP contribution in [-0.2, 0) is 0 Å². The number of carbonyl (C=O) groups excluding carboxylic acids is 1. The molecular formula is C19H19N3OS. The number of nitrogens with one attached hydrogen (secondary N) is 1. The van der Waals surface area contributed by atoms with E-state index in [1.807, 2.05) is 43.3 Å². The normalized spacial score (nSPS) is 11.9. The van der Waals surface area contributed by atoms with E-state index in [2.05, 4.69) is 34.3 Å². The van der Waals surface area contributed by atoms with E-state index in [0.717, 1.165) is 16.4 Å². The van der Waals surface area contributed by atoms with Crippen molar-refractivity contribution in [3.63, 3.8) is 0 Å². The van der Waals surface area contributed by atoms with Crippen molar-refractivity contribution in [2.24, 2.45) is 0 Å². The Kier molecular flexibility index (Phi) is 5.01. The van der Waals surface area contributed by atoms with Gasteiger partial charge in [0.2, 0.25) is 0 Å². The Labute approximate surface area is 145 Å². The van der Waals surface area contributed by atoms with E-state index in [-0.39, 0.29) is 11.8 Å². The van der Waals surface area contributed by atoms with Gasteiger partial charge in [0.25, 0.3) is 5.91 Å². The van der Waals surface area contributed by atoms with E-state index < -0.39 is 0 Å². The third-order valence-corrected chi connectivity index (χ3v) is 5.00. The van der Waals surface area contributed by atoms with E-state index in [1.54, 1.807) is 6.20 Å². The Bertz CT molecular complexity index is 815. The molecule has 0 aliphatic rings. The molecule has 0 aliphatic carbocycles. The lowest BCUT2D eigenvalue weighted by Gasteiger charge is -2.12. The minimum atomic E-state index is -0.0741. The molecule has 4 nitrogen and oxygen atoms in total. The second-order valence-corrected chi connectivity index (χ2v) is 6.67. The quantitative estimate of drug-likeness (QED) is 0.764. The number of aromatic nitrogens is 2. The van der Waals surface area contributed by atoms with Crippen LogP contribution in [0, 0.1) is 6.92 Å². The zero-order valence-electron chi connectivity index (χ0n) is 13.7. The van der Waals surface area contributed by atoms with Crippen LogP contribution < -0.4 is 5.32 Å². The van der Waals surface area contributed by atoms with Crippen LogP contribution in [0.25, 0.3) is 10.7 Å². The number of amides is 1. The SMILES string of the molecule is Cc1nc(-c2ccccn2)sc1C(=O)NC[C@H](C)c1ccccc1. The maximum atomic E-state index is 12.5. The minimum Gasteiger partial charge on any atom is -0.351 e. The number of carbonyl (C=O) groups is 1. The first-order valence-electron chi connectivity index (χ1n) is 7.87. The van der Waals surface area contributed by atoms with Gasteiger partial charge in [-0.2, -0.15) is 0 Å². The molecule has 5 heteroatoms. The average Bonchev–Trinajstić information content (AvgIpc) is 3.03. The second kappa shape index (κ2) is 7.36. The summed E-state index contributed by atoms with van der Waals surface area (Å²) in [6.07, 6.45) is 1.73. The number of rotatable bonds is 5. The molecule has 3 rings (SSSR count). The second-order valence-electron chi connectivity index (χ2n) is 5.67. The number of nitrogens with zero attached hydrogens (tertiary/aromatic N) is 2. The van der Waals surface area contributed by atoms with Gasteiger partial charge in [0.15, 0.2) is 0 Å². The molecule has 0 unspecified atom stereocenters. The highest BCUT2D eigenvalue weighted by Crippen LogP contribution is 2.26. The fraction of sp³-hybridized carbons (Fsp3) is 0.211. The van der Waals surface area contributed by atoms with Gasteiger partial charge < -0.3 is 5.32 Å². The molecule has 3 aromatic rings. The highest BCUT2D eigenvalue weighted by atomic mass is 32.1. The predicted octanol–water partition coefficient (Wildman–Crippen LogP) is 4.05. The summed E-state index contributed by atoms with van der Waals surface area (Å²) in [5.41, 5.74) is 2.75. The van der Waals surface area contributed by atoms with Crippen LogP contribution in [0.1, 0.15) is 33.8 Å². The number of aryl methyl sites for hydroxylation is 1. The summed E-state index contributed by atoms with van der Waals surface area (Å²) in [5.74, 6) is 0.189. The van der Waals surface area contributed by atoms with E-state index in [9.17, 15) is 4.79 Å². The molecule has 1 aromatic carbocycles. The number of pyridine rings is 1. The highest BCUT2D eigenvalue weighted by molar-refractivity contribution is 7.17. The molecule has 0 bridgehead atoms. The highest BCUT2D eigenvalue weighted by Gasteiger charge is 2.17. The lowest BCUT2D eigenvalue weighted by Crippen LogP contribution is -2.27. The summed E-state index contributed by atoms with van der Waals surface area (Å²) >= 11 is 1.38. The van der Waals surface area contributed by atoms with Crippen molar-refractivity contribution in [1.82, 2.24) is 15.3 Å². The van der Waals surface area contributed by atoms with E-state index in [1.165, 1.54) is 16.9 Å². The van der Waals surface area contributed by atoms with Gasteiger partial charge in [-0.15, -0.1) is 11.3 Å². The predicted molar refractivity (Wildman–Crippen MR) is 97.3 cm³/mol. The van der Waals surface area contributed by atoms with E-state index in [4.69, 9.17) is 0 Å². The Morgan fingerprint density at radius 1 is 1.17 bits per heavy atom. The van der Waals surface area contributed by atoms with Gasteiger partial charge in [-0.25, -0.2) is 4.98 Å². The molecule has 2 heterocycles. The van der Waals surface area contributed by atoms with Gasteiger partial charge >= 0.3 is 0 Å². The summed E-state index contributed by atoms with van der Waals surface area (Å²) in [6, 6.07) is 15.9. The lowest BCUT2D eigenvalue weighted by molar-refractivity contribution is 0.0955. The van der Waals surface area contributed by atoms with Crippen molar-refractivity contribution in [3.05, 3.63) is 70.9 Å². The van der Waals surface area contributed by atoms with Crippen molar-refractivity contribution in [2.45, 2.75) is 19.8 Å². The topological polar surface area (TPSA) is 54.9 Å². The molecule has 122 valence electrons. The molecule has 0 saturated carbocycles. The number of hydrogen-bond acceptors (Lipinski definition) is 4. The van der Waals surface area contributed by atoms with Crippen LogP contribution in [0.4, 0.5) is 0 Å². The lowest BCUT2D eigenvalue weighted by atomic mass is 10.0. The van der Waals surface area contributed by atoms with Gasteiger partial charge in [-0.05, 0) is 30.5 Å². The van der Waals surface area contributed by atoms with Crippen LogP contribution in [0.3, 0.4) is 0 Å². The summed E-state index contributed by atoms with van der Waals surface area (Å²) in [5, 5.41) is 3.79. The summed E-state index contributed by atoms with van der Waals surface area (Å²) in [6.45, 7) is 4.56. The van der Waals surface area contributed by atoms with Gasteiger partial charge in [-0.3, -0.25) is 9.78 Å². The first-order chi connectivity index (χ1) is 11.6. The molecule has 1 amide bonds. The van der Waals surface area contributed by atoms with Crippen LogP contribution in [0.2, 0.25) is 0 Å². The van der Waals surface area contributed by atoms with Gasteiger partial charge in [-0.1, -0.05) is 43.3 Å². The van der Waals surface area contributed by atoms with E-state index in [0.29, 0.717) is 11.4 Å². The third kappa shape index (κ3) is 3.68. The average molecular weight is 337 g/mol. The van der Waals surface area contributed by atoms with Crippen LogP contribution >= 0.6 is 11.3 Å². The van der Waals surface area contributed by atoms with Crippen molar-refractivity contribution >= 4 is 17.2 Å². The molecule has 1 N–H and O–H groups in total. The number of hydrogen-bond donors (Lipinski definition) is 1. The first-order valence-corrected chi connectivity index (χ1v) is 8.69. The van der Waals surface area contributed by atoms with Crippen molar-refractivity contribution in [3.8, 4) is 10.7 Å². The fourth-order valence-corrected chi connectivity index (χ4v) is 3.39. The van der Waals surface area contributed by atoms with E-state index >= 15 is 0 Å². The third-order valence-electron chi connectivity index (χ3n) is 3.82. The Morgan fingerprint density at radius 3 is 2.62 bits per heavy atom. The Morgan fingerprint density at radius 2 is 1.92 bits per heavy atom. The minimum absolute atomic E-state index is 0.0741.